The molecule has 6 atom stereocenters. The SMILES string of the molecule is CCC(C)CCCCCCCCC(=O)OC[C@H](COP(=O)(O)OC[C@H](O)COP(=O)(O)OC[C@@H](COC(=O)CCCCCCCCC(C)C)OC(=O)CCCCCCCCCCCCCC(C)C)OC(=O)CCCCCCCCCCCCCCCC(C)C. The summed E-state index contributed by atoms with van der Waals surface area (Å²) in [5.41, 5.74) is 0. The highest BCUT2D eigenvalue weighted by Crippen LogP contribution is 2.45. The molecule has 0 aromatic rings. The zero-order valence-electron chi connectivity index (χ0n) is 58.1. The van der Waals surface area contributed by atoms with E-state index in [1.807, 2.05) is 0 Å². The summed E-state index contributed by atoms with van der Waals surface area (Å²) in [6.07, 6.45) is 41.8. The van der Waals surface area contributed by atoms with E-state index in [9.17, 15) is 43.2 Å². The van der Waals surface area contributed by atoms with Gasteiger partial charge in [-0.2, -0.15) is 0 Å². The number of rotatable bonds is 67. The highest BCUT2D eigenvalue weighted by atomic mass is 31.2. The number of carbonyl (C=O) groups is 4. The van der Waals surface area contributed by atoms with Crippen LogP contribution in [0.15, 0.2) is 0 Å². The van der Waals surface area contributed by atoms with Crippen LogP contribution in [0.2, 0.25) is 0 Å². The van der Waals surface area contributed by atoms with Crippen molar-refractivity contribution in [1.82, 2.24) is 0 Å². The molecule has 0 aliphatic carbocycles. The minimum Gasteiger partial charge on any atom is -0.462 e. The second kappa shape index (κ2) is 59.8. The van der Waals surface area contributed by atoms with E-state index < -0.39 is 97.5 Å². The Morgan fingerprint density at radius 2 is 0.539 bits per heavy atom. The fourth-order valence-corrected chi connectivity index (χ4v) is 12.0. The Morgan fingerprint density at radius 3 is 0.798 bits per heavy atom. The molecule has 528 valence electrons. The van der Waals surface area contributed by atoms with Crippen molar-refractivity contribution in [3.63, 3.8) is 0 Å². The van der Waals surface area contributed by atoms with Gasteiger partial charge in [0.2, 0.25) is 0 Å². The van der Waals surface area contributed by atoms with Gasteiger partial charge >= 0.3 is 39.5 Å². The van der Waals surface area contributed by atoms with Crippen molar-refractivity contribution in [2.45, 2.75) is 363 Å². The maximum absolute atomic E-state index is 13.0. The standard InChI is InChI=1S/C70H136O17P2/c1-9-63(8)49-41-33-27-29-35-43-51-68(73)81-57-66(87-69(74)52-44-36-24-20-16-12-10-11-14-18-22-30-38-46-60(2)3)59-85-89(78,79)83-55-64(71)54-82-88(76,77)84-58-65(56-80-67(72)50-42-34-28-26-32-40-48-62(6)7)86-70(75)53-45-37-25-21-17-13-15-19-23-31-39-47-61(4)5/h60-66,71H,9-59H2,1-8H3,(H,76,77)(H,78,79)/t63?,64-,65-,66-/m1/s1. The van der Waals surface area contributed by atoms with Crippen LogP contribution in [0.25, 0.3) is 0 Å². The summed E-state index contributed by atoms with van der Waals surface area (Å²) in [5, 5.41) is 10.6. The van der Waals surface area contributed by atoms with Crippen molar-refractivity contribution < 1.29 is 80.2 Å². The lowest BCUT2D eigenvalue weighted by Crippen LogP contribution is -2.30. The molecule has 0 saturated carbocycles. The van der Waals surface area contributed by atoms with Crippen LogP contribution in [0.3, 0.4) is 0 Å². The minimum atomic E-state index is -4.95. The van der Waals surface area contributed by atoms with Crippen molar-refractivity contribution in [3.05, 3.63) is 0 Å². The average molecular weight is 1310 g/mol. The van der Waals surface area contributed by atoms with Crippen molar-refractivity contribution in [3.8, 4) is 0 Å². The molecular weight excluding hydrogens is 1170 g/mol. The summed E-state index contributed by atoms with van der Waals surface area (Å²) in [6, 6.07) is 0. The molecule has 0 amide bonds. The van der Waals surface area contributed by atoms with Crippen LogP contribution in [-0.2, 0) is 65.4 Å². The molecule has 0 rings (SSSR count). The molecule has 0 radical (unpaired) electrons. The third-order valence-electron chi connectivity index (χ3n) is 16.4. The number of unbranched alkanes of at least 4 members (excludes halogenated alkanes) is 32. The highest BCUT2D eigenvalue weighted by molar-refractivity contribution is 7.47. The first kappa shape index (κ1) is 87.1. The van der Waals surface area contributed by atoms with Gasteiger partial charge in [-0.3, -0.25) is 37.3 Å². The summed E-state index contributed by atoms with van der Waals surface area (Å²) in [5.74, 6) is 0.830. The maximum Gasteiger partial charge on any atom is 0.472 e. The Bertz CT molecular complexity index is 1770. The largest absolute Gasteiger partial charge is 0.472 e. The molecule has 0 heterocycles. The molecule has 17 nitrogen and oxygen atoms in total. The van der Waals surface area contributed by atoms with Crippen molar-refractivity contribution in [1.29, 1.82) is 0 Å². The van der Waals surface area contributed by atoms with E-state index in [1.165, 1.54) is 135 Å². The van der Waals surface area contributed by atoms with E-state index >= 15 is 0 Å². The lowest BCUT2D eigenvalue weighted by atomic mass is 10.00. The van der Waals surface area contributed by atoms with Gasteiger partial charge < -0.3 is 33.8 Å². The fraction of sp³-hybridized carbons (Fsp3) is 0.943. The van der Waals surface area contributed by atoms with Crippen molar-refractivity contribution in [2.75, 3.05) is 39.6 Å². The Morgan fingerprint density at radius 1 is 0.315 bits per heavy atom. The summed E-state index contributed by atoms with van der Waals surface area (Å²) in [6.45, 7) is 14.0. The van der Waals surface area contributed by atoms with Crippen LogP contribution in [0.1, 0.15) is 344 Å². The fourth-order valence-electron chi connectivity index (χ4n) is 10.5. The van der Waals surface area contributed by atoms with Crippen LogP contribution < -0.4 is 0 Å². The van der Waals surface area contributed by atoms with E-state index in [2.05, 4.69) is 55.4 Å². The van der Waals surface area contributed by atoms with E-state index in [0.717, 1.165) is 120 Å². The Hall–Kier alpha value is -1.94. The molecule has 0 aromatic heterocycles. The highest BCUT2D eigenvalue weighted by Gasteiger charge is 2.30. The van der Waals surface area contributed by atoms with Gasteiger partial charge in [-0.05, 0) is 49.4 Å². The lowest BCUT2D eigenvalue weighted by Gasteiger charge is -2.21. The third-order valence-corrected chi connectivity index (χ3v) is 18.3. The number of hydrogen-bond acceptors (Lipinski definition) is 15. The van der Waals surface area contributed by atoms with Gasteiger partial charge in [0, 0.05) is 25.7 Å². The Kier molecular flexibility index (Phi) is 58.5. The topological polar surface area (TPSA) is 237 Å². The molecule has 3 N–H and O–H groups in total. The first-order chi connectivity index (χ1) is 42.6. The molecule has 0 fully saturated rings. The molecule has 0 saturated heterocycles. The van der Waals surface area contributed by atoms with Crippen LogP contribution in [0.4, 0.5) is 0 Å². The lowest BCUT2D eigenvalue weighted by molar-refractivity contribution is -0.161. The second-order valence-electron chi connectivity index (χ2n) is 26.9. The van der Waals surface area contributed by atoms with Gasteiger partial charge in [0.05, 0.1) is 26.4 Å². The number of ether oxygens (including phenoxy) is 4. The minimum absolute atomic E-state index is 0.105. The number of hydrogen-bond donors (Lipinski definition) is 3. The summed E-state index contributed by atoms with van der Waals surface area (Å²) in [7, 11) is -9.90. The predicted octanol–water partition coefficient (Wildman–Crippen LogP) is 19.7. The predicted molar refractivity (Wildman–Crippen MR) is 358 cm³/mol. The Labute approximate surface area is 543 Å². The van der Waals surface area contributed by atoms with Gasteiger partial charge in [0.15, 0.2) is 12.2 Å². The number of aliphatic hydroxyl groups is 1. The van der Waals surface area contributed by atoms with Crippen LogP contribution in [-0.4, -0.2) is 96.7 Å². The quantitative estimate of drug-likeness (QED) is 0.0222. The monoisotopic (exact) mass is 1310 g/mol. The molecule has 19 heteroatoms. The van der Waals surface area contributed by atoms with E-state index in [4.69, 9.17) is 37.0 Å². The van der Waals surface area contributed by atoms with Crippen LogP contribution in [0, 0.1) is 23.7 Å². The van der Waals surface area contributed by atoms with Gasteiger partial charge in [-0.15, -0.1) is 0 Å². The van der Waals surface area contributed by atoms with Gasteiger partial charge in [-0.1, -0.05) is 293 Å². The number of phosphoric acid groups is 2. The van der Waals surface area contributed by atoms with Crippen LogP contribution >= 0.6 is 15.6 Å². The number of phosphoric ester groups is 2. The average Bonchev–Trinajstić information content (AvgIpc) is 3.70. The van der Waals surface area contributed by atoms with Gasteiger partial charge in [0.25, 0.3) is 0 Å². The second-order valence-corrected chi connectivity index (χ2v) is 29.8. The molecular formula is C70H136O17P2. The number of carbonyl (C=O) groups excluding carboxylic acids is 4. The maximum atomic E-state index is 13.0. The molecule has 0 aliphatic heterocycles. The molecule has 0 aromatic carbocycles. The van der Waals surface area contributed by atoms with Crippen molar-refractivity contribution >= 4 is 39.5 Å². The normalized spacial score (nSPS) is 14.6. The summed E-state index contributed by atoms with van der Waals surface area (Å²) >= 11 is 0. The molecule has 0 bridgehead atoms. The Balaban J connectivity index is 5.23. The zero-order chi connectivity index (χ0) is 66.1. The van der Waals surface area contributed by atoms with Crippen LogP contribution in [0.5, 0.6) is 0 Å². The first-order valence-corrected chi connectivity index (χ1v) is 39.2. The number of aliphatic hydroxyl groups excluding tert-OH is 1. The third kappa shape index (κ3) is 63.2. The van der Waals surface area contributed by atoms with Crippen molar-refractivity contribution in [2.24, 2.45) is 23.7 Å². The van der Waals surface area contributed by atoms with Gasteiger partial charge in [0.1, 0.15) is 19.3 Å². The van der Waals surface area contributed by atoms with E-state index in [1.54, 1.807) is 0 Å². The first-order valence-electron chi connectivity index (χ1n) is 36.2. The van der Waals surface area contributed by atoms with E-state index in [-0.39, 0.29) is 25.7 Å². The molecule has 89 heavy (non-hydrogen) atoms. The zero-order valence-corrected chi connectivity index (χ0v) is 59.8. The smallest absolute Gasteiger partial charge is 0.462 e. The summed E-state index contributed by atoms with van der Waals surface area (Å²) in [4.78, 5) is 72.5. The van der Waals surface area contributed by atoms with Gasteiger partial charge in [-0.25, -0.2) is 9.13 Å². The molecule has 0 aliphatic rings. The molecule has 0 spiro atoms. The summed E-state index contributed by atoms with van der Waals surface area (Å²) < 4.78 is 68.2. The number of esters is 4. The molecule has 3 unspecified atom stereocenters. The van der Waals surface area contributed by atoms with E-state index in [0.29, 0.717) is 31.6 Å².